The Labute approximate surface area is 206 Å². The minimum Gasteiger partial charge on any atom is -0.357 e. The van der Waals surface area contributed by atoms with Gasteiger partial charge in [-0.25, -0.2) is 8.42 Å². The van der Waals surface area contributed by atoms with Gasteiger partial charge in [0.1, 0.15) is 6.04 Å². The zero-order valence-electron chi connectivity index (χ0n) is 20.1. The van der Waals surface area contributed by atoms with E-state index in [2.05, 4.69) is 5.32 Å². The van der Waals surface area contributed by atoms with Crippen LogP contribution < -0.4 is 9.62 Å². The van der Waals surface area contributed by atoms with E-state index >= 15 is 0 Å². The minimum absolute atomic E-state index is 0.149. The summed E-state index contributed by atoms with van der Waals surface area (Å²) < 4.78 is 27.8. The molecule has 0 aliphatic carbocycles. The van der Waals surface area contributed by atoms with Gasteiger partial charge in [0.2, 0.25) is 11.8 Å². The fourth-order valence-electron chi connectivity index (χ4n) is 4.78. The topological polar surface area (TPSA) is 86.8 Å². The fourth-order valence-corrected chi connectivity index (χ4v) is 6.53. The molecule has 3 aromatic rings. The third-order valence-corrected chi connectivity index (χ3v) is 8.41. The van der Waals surface area contributed by atoms with Crippen molar-refractivity contribution in [2.75, 3.05) is 24.4 Å². The number of anilines is 1. The van der Waals surface area contributed by atoms with Gasteiger partial charge in [0.15, 0.2) is 0 Å². The van der Waals surface area contributed by atoms with Crippen molar-refractivity contribution in [1.29, 1.82) is 0 Å². The van der Waals surface area contributed by atoms with Gasteiger partial charge in [-0.15, -0.1) is 0 Å². The van der Waals surface area contributed by atoms with Gasteiger partial charge in [0, 0.05) is 31.9 Å². The van der Waals surface area contributed by atoms with E-state index in [1.54, 1.807) is 24.1 Å². The van der Waals surface area contributed by atoms with Crippen LogP contribution in [0, 0.1) is 0 Å². The van der Waals surface area contributed by atoms with Gasteiger partial charge in [0.25, 0.3) is 10.0 Å². The first-order valence-electron chi connectivity index (χ1n) is 12.0. The standard InChI is InChI=1S/C27H31N3O4S/c1-3-22(27(32)28-2)29(19-17-20-10-5-4-6-11-20)25(31)16-9-18-30-23-14-7-12-21-13-8-15-24(26(21)23)35(30,33)34/h4-8,10-15,22H,3,9,16-19H2,1-2H3,(H,28,32)/t22-/m1/s1. The molecule has 0 saturated heterocycles. The van der Waals surface area contributed by atoms with E-state index in [1.807, 2.05) is 61.5 Å². The summed E-state index contributed by atoms with van der Waals surface area (Å²) in [6.07, 6.45) is 1.64. The Kier molecular flexibility index (Phi) is 7.40. The number of benzene rings is 3. The predicted molar refractivity (Wildman–Crippen MR) is 138 cm³/mol. The van der Waals surface area contributed by atoms with Gasteiger partial charge in [0.05, 0.1) is 10.6 Å². The molecule has 0 aromatic heterocycles. The Balaban J connectivity index is 1.47. The number of carbonyl (C=O) groups excluding carboxylic acids is 2. The van der Waals surface area contributed by atoms with Crippen LogP contribution in [0.5, 0.6) is 0 Å². The number of likely N-dealkylation sites (N-methyl/N-ethyl adjacent to an activating group) is 1. The summed E-state index contributed by atoms with van der Waals surface area (Å²) in [5.41, 5.74) is 1.74. The maximum Gasteiger partial charge on any atom is 0.265 e. The molecule has 184 valence electrons. The largest absolute Gasteiger partial charge is 0.357 e. The molecule has 2 amide bonds. The van der Waals surface area contributed by atoms with Gasteiger partial charge in [-0.05, 0) is 42.3 Å². The number of nitrogens with one attached hydrogen (secondary N) is 1. The molecule has 1 N–H and O–H groups in total. The molecule has 1 atom stereocenters. The number of nitrogens with zero attached hydrogens (tertiary/aromatic N) is 2. The molecule has 3 aromatic carbocycles. The van der Waals surface area contributed by atoms with Crippen LogP contribution in [0.2, 0.25) is 0 Å². The van der Waals surface area contributed by atoms with Gasteiger partial charge in [-0.2, -0.15) is 0 Å². The Morgan fingerprint density at radius 3 is 2.40 bits per heavy atom. The maximum atomic E-state index is 13.3. The SMILES string of the molecule is CC[C@H](C(=O)NC)N(CCc1ccccc1)C(=O)CCCN1c2cccc3cccc(c23)S1(=O)=O. The van der Waals surface area contributed by atoms with Gasteiger partial charge in [-0.3, -0.25) is 13.9 Å². The van der Waals surface area contributed by atoms with E-state index in [9.17, 15) is 18.0 Å². The molecule has 0 saturated carbocycles. The molecule has 0 radical (unpaired) electrons. The first kappa shape index (κ1) is 24.7. The van der Waals surface area contributed by atoms with E-state index < -0.39 is 16.1 Å². The van der Waals surface area contributed by atoms with E-state index in [1.165, 1.54) is 4.31 Å². The van der Waals surface area contributed by atoms with Crippen molar-refractivity contribution in [1.82, 2.24) is 10.2 Å². The lowest BCUT2D eigenvalue weighted by Gasteiger charge is -2.30. The summed E-state index contributed by atoms with van der Waals surface area (Å²) in [6, 6.07) is 20.1. The Morgan fingerprint density at radius 2 is 1.71 bits per heavy atom. The smallest absolute Gasteiger partial charge is 0.265 e. The van der Waals surface area contributed by atoms with Crippen molar-refractivity contribution in [3.8, 4) is 0 Å². The van der Waals surface area contributed by atoms with Gasteiger partial charge >= 0.3 is 0 Å². The van der Waals surface area contributed by atoms with Crippen LogP contribution in [0.15, 0.2) is 71.6 Å². The summed E-state index contributed by atoms with van der Waals surface area (Å²) >= 11 is 0. The first-order valence-corrected chi connectivity index (χ1v) is 13.4. The molecule has 0 bridgehead atoms. The second-order valence-corrected chi connectivity index (χ2v) is 10.5. The lowest BCUT2D eigenvalue weighted by atomic mass is 10.1. The molecule has 1 heterocycles. The van der Waals surface area contributed by atoms with Crippen LogP contribution >= 0.6 is 0 Å². The van der Waals surface area contributed by atoms with Crippen molar-refractivity contribution in [3.63, 3.8) is 0 Å². The zero-order chi connectivity index (χ0) is 25.0. The lowest BCUT2D eigenvalue weighted by Crippen LogP contribution is -2.49. The Morgan fingerprint density at radius 1 is 1.00 bits per heavy atom. The second kappa shape index (κ2) is 10.5. The molecular weight excluding hydrogens is 462 g/mol. The van der Waals surface area contributed by atoms with Gasteiger partial charge < -0.3 is 10.2 Å². The Hall–Kier alpha value is -3.39. The molecule has 7 nitrogen and oxygen atoms in total. The molecule has 0 unspecified atom stereocenters. The van der Waals surface area contributed by atoms with E-state index in [0.29, 0.717) is 36.4 Å². The number of sulfonamides is 1. The van der Waals surface area contributed by atoms with E-state index in [-0.39, 0.29) is 24.8 Å². The minimum atomic E-state index is -3.66. The number of hydrogen-bond acceptors (Lipinski definition) is 4. The number of rotatable bonds is 10. The quantitative estimate of drug-likeness (QED) is 0.466. The molecule has 1 aliphatic rings. The highest BCUT2D eigenvalue weighted by molar-refractivity contribution is 7.93. The van der Waals surface area contributed by atoms with Crippen LogP contribution in [-0.4, -0.2) is 51.3 Å². The van der Waals surface area contributed by atoms with Gasteiger partial charge in [-0.1, -0.05) is 61.5 Å². The van der Waals surface area contributed by atoms with Crippen molar-refractivity contribution in [2.24, 2.45) is 0 Å². The first-order chi connectivity index (χ1) is 16.9. The Bertz CT molecular complexity index is 1320. The van der Waals surface area contributed by atoms with Crippen LogP contribution in [0.3, 0.4) is 0 Å². The third-order valence-electron chi connectivity index (χ3n) is 6.55. The monoisotopic (exact) mass is 493 g/mol. The molecular formula is C27H31N3O4S. The third kappa shape index (κ3) is 4.89. The molecule has 4 rings (SSSR count). The predicted octanol–water partition coefficient (Wildman–Crippen LogP) is 3.72. The zero-order valence-corrected chi connectivity index (χ0v) is 20.9. The number of amides is 2. The second-order valence-electron chi connectivity index (χ2n) is 8.67. The highest BCUT2D eigenvalue weighted by Gasteiger charge is 2.35. The molecule has 8 heteroatoms. The van der Waals surface area contributed by atoms with E-state index in [0.717, 1.165) is 16.3 Å². The van der Waals surface area contributed by atoms with Crippen molar-refractivity contribution < 1.29 is 18.0 Å². The van der Waals surface area contributed by atoms with Crippen LogP contribution in [0.25, 0.3) is 10.8 Å². The van der Waals surface area contributed by atoms with E-state index in [4.69, 9.17) is 0 Å². The average molecular weight is 494 g/mol. The highest BCUT2D eigenvalue weighted by atomic mass is 32.2. The molecule has 0 spiro atoms. The number of hydrogen-bond donors (Lipinski definition) is 1. The molecule has 0 fully saturated rings. The summed E-state index contributed by atoms with van der Waals surface area (Å²) in [4.78, 5) is 27.8. The van der Waals surface area contributed by atoms with Crippen molar-refractivity contribution in [3.05, 3.63) is 72.3 Å². The highest BCUT2D eigenvalue weighted by Crippen LogP contribution is 2.42. The number of carbonyl (C=O) groups is 2. The normalized spacial score (nSPS) is 14.6. The molecule has 35 heavy (non-hydrogen) atoms. The van der Waals surface area contributed by atoms with Crippen LogP contribution in [-0.2, 0) is 26.0 Å². The summed E-state index contributed by atoms with van der Waals surface area (Å²) in [5, 5.41) is 4.28. The molecule has 1 aliphatic heterocycles. The maximum absolute atomic E-state index is 13.3. The summed E-state index contributed by atoms with van der Waals surface area (Å²) in [6.45, 7) is 2.50. The average Bonchev–Trinajstić information content (AvgIpc) is 3.09. The lowest BCUT2D eigenvalue weighted by molar-refractivity contribution is -0.140. The summed E-state index contributed by atoms with van der Waals surface area (Å²) in [5.74, 6) is -0.346. The fraction of sp³-hybridized carbons (Fsp3) is 0.333. The van der Waals surface area contributed by atoms with Crippen LogP contribution in [0.4, 0.5) is 5.69 Å². The van der Waals surface area contributed by atoms with Crippen molar-refractivity contribution in [2.45, 2.75) is 43.5 Å². The van der Waals surface area contributed by atoms with Crippen molar-refractivity contribution >= 4 is 38.3 Å². The van der Waals surface area contributed by atoms with Crippen LogP contribution in [0.1, 0.15) is 31.7 Å². The summed E-state index contributed by atoms with van der Waals surface area (Å²) in [7, 11) is -2.09.